The van der Waals surface area contributed by atoms with Crippen LogP contribution in [0.5, 0.6) is 0 Å². The first kappa shape index (κ1) is 18.9. The van der Waals surface area contributed by atoms with Crippen molar-refractivity contribution in [2.24, 2.45) is 0 Å². The van der Waals surface area contributed by atoms with Gasteiger partial charge in [0, 0.05) is 17.3 Å². The summed E-state index contributed by atoms with van der Waals surface area (Å²) in [5.74, 6) is 0.812. The molecule has 1 amide bonds. The normalized spacial score (nSPS) is 11.3. The molecule has 1 heterocycles. The maximum atomic E-state index is 11.9. The zero-order valence-corrected chi connectivity index (χ0v) is 15.7. The molecule has 0 atom stereocenters. The maximum Gasteiger partial charge on any atom is 0.412 e. The Morgan fingerprint density at radius 1 is 1.20 bits per heavy atom. The number of hydrogen-bond donors (Lipinski definition) is 2. The molecule has 2 aromatic rings. The molecule has 134 valence electrons. The average Bonchev–Trinajstić information content (AvgIpc) is 2.44. The van der Waals surface area contributed by atoms with E-state index in [-0.39, 0.29) is 11.3 Å². The van der Waals surface area contributed by atoms with E-state index in [0.717, 1.165) is 0 Å². The number of rotatable bonds is 4. The van der Waals surface area contributed by atoms with E-state index in [1.165, 1.54) is 0 Å². The Morgan fingerprint density at radius 3 is 2.56 bits per heavy atom. The van der Waals surface area contributed by atoms with Crippen LogP contribution in [-0.4, -0.2) is 32.7 Å². The van der Waals surface area contributed by atoms with E-state index in [1.807, 2.05) is 19.9 Å². The summed E-state index contributed by atoms with van der Waals surface area (Å²) in [6.45, 7) is 9.36. The highest BCUT2D eigenvalue weighted by Gasteiger charge is 2.16. The first-order chi connectivity index (χ1) is 11.6. The van der Waals surface area contributed by atoms with Gasteiger partial charge in [0.05, 0.1) is 0 Å². The largest absolute Gasteiger partial charge is 0.444 e. The third-order valence-corrected chi connectivity index (χ3v) is 2.96. The number of aromatic nitrogens is 3. The van der Waals surface area contributed by atoms with Crippen LogP contribution in [0.1, 0.15) is 34.6 Å². The molecule has 1 aromatic heterocycles. The Bertz CT molecular complexity index is 759. The SMILES string of the molecule is CC(C)Nc1nc(Cl)nc(-c2cccc(NC(=O)OC(C)(C)C)c2)n1. The van der Waals surface area contributed by atoms with E-state index >= 15 is 0 Å². The highest BCUT2D eigenvalue weighted by Crippen LogP contribution is 2.22. The molecule has 0 fully saturated rings. The predicted molar refractivity (Wildman–Crippen MR) is 98.9 cm³/mol. The van der Waals surface area contributed by atoms with Gasteiger partial charge in [-0.15, -0.1) is 0 Å². The number of ether oxygens (including phenoxy) is 1. The lowest BCUT2D eigenvalue weighted by Crippen LogP contribution is -2.27. The fourth-order valence-corrected chi connectivity index (χ4v) is 2.12. The molecule has 1 aromatic carbocycles. The lowest BCUT2D eigenvalue weighted by atomic mass is 10.2. The van der Waals surface area contributed by atoms with Crippen LogP contribution >= 0.6 is 11.6 Å². The molecule has 0 radical (unpaired) electrons. The number of nitrogens with zero attached hydrogens (tertiary/aromatic N) is 3. The summed E-state index contributed by atoms with van der Waals surface area (Å²) < 4.78 is 5.25. The van der Waals surface area contributed by atoms with Gasteiger partial charge < -0.3 is 10.1 Å². The molecule has 0 aliphatic rings. The second kappa shape index (κ2) is 7.65. The van der Waals surface area contributed by atoms with Gasteiger partial charge in [0.15, 0.2) is 5.82 Å². The van der Waals surface area contributed by atoms with Crippen molar-refractivity contribution in [3.8, 4) is 11.4 Å². The summed E-state index contributed by atoms with van der Waals surface area (Å²) in [5, 5.41) is 5.88. The third-order valence-electron chi connectivity index (χ3n) is 2.79. The molecular formula is C17H22ClN5O2. The van der Waals surface area contributed by atoms with Gasteiger partial charge in [0.1, 0.15) is 5.60 Å². The van der Waals surface area contributed by atoms with Crippen LogP contribution in [0.3, 0.4) is 0 Å². The summed E-state index contributed by atoms with van der Waals surface area (Å²) in [7, 11) is 0. The predicted octanol–water partition coefficient (Wildman–Crippen LogP) is 4.36. The van der Waals surface area contributed by atoms with E-state index in [4.69, 9.17) is 16.3 Å². The highest BCUT2D eigenvalue weighted by molar-refractivity contribution is 6.28. The highest BCUT2D eigenvalue weighted by atomic mass is 35.5. The van der Waals surface area contributed by atoms with Gasteiger partial charge in [-0.05, 0) is 58.4 Å². The zero-order chi connectivity index (χ0) is 18.6. The lowest BCUT2D eigenvalue weighted by molar-refractivity contribution is 0.0636. The Kier molecular flexibility index (Phi) is 5.79. The molecule has 0 aliphatic heterocycles. The van der Waals surface area contributed by atoms with Gasteiger partial charge >= 0.3 is 6.09 Å². The molecular weight excluding hydrogens is 342 g/mol. The van der Waals surface area contributed by atoms with Gasteiger partial charge in [-0.2, -0.15) is 15.0 Å². The summed E-state index contributed by atoms with van der Waals surface area (Å²) in [5.41, 5.74) is 0.701. The quantitative estimate of drug-likeness (QED) is 0.838. The second-order valence-corrected chi connectivity index (χ2v) is 7.10. The maximum absolute atomic E-state index is 11.9. The van der Waals surface area contributed by atoms with Crippen molar-refractivity contribution in [3.05, 3.63) is 29.5 Å². The van der Waals surface area contributed by atoms with Crippen molar-refractivity contribution < 1.29 is 9.53 Å². The van der Waals surface area contributed by atoms with Crippen LogP contribution in [0.4, 0.5) is 16.4 Å². The summed E-state index contributed by atoms with van der Waals surface area (Å²) in [6, 6.07) is 7.27. The fraction of sp³-hybridized carbons (Fsp3) is 0.412. The fourth-order valence-electron chi connectivity index (χ4n) is 1.96. The molecule has 2 N–H and O–H groups in total. The number of benzene rings is 1. The van der Waals surface area contributed by atoms with Crippen molar-refractivity contribution in [2.45, 2.75) is 46.3 Å². The van der Waals surface area contributed by atoms with Crippen LogP contribution in [0.15, 0.2) is 24.3 Å². The van der Waals surface area contributed by atoms with Crippen LogP contribution < -0.4 is 10.6 Å². The van der Waals surface area contributed by atoms with Gasteiger partial charge in [-0.1, -0.05) is 12.1 Å². The van der Waals surface area contributed by atoms with E-state index in [0.29, 0.717) is 23.0 Å². The first-order valence-corrected chi connectivity index (χ1v) is 8.29. The number of halogens is 1. The number of anilines is 2. The molecule has 0 saturated heterocycles. The van der Waals surface area contributed by atoms with E-state index in [2.05, 4.69) is 25.6 Å². The van der Waals surface area contributed by atoms with Gasteiger partial charge in [0.25, 0.3) is 0 Å². The molecule has 8 heteroatoms. The Labute approximate surface area is 152 Å². The molecule has 0 aliphatic carbocycles. The minimum atomic E-state index is -0.569. The average molecular weight is 364 g/mol. The van der Waals surface area contributed by atoms with Crippen molar-refractivity contribution >= 4 is 29.3 Å². The Morgan fingerprint density at radius 2 is 1.92 bits per heavy atom. The minimum Gasteiger partial charge on any atom is -0.444 e. The summed E-state index contributed by atoms with van der Waals surface area (Å²) in [6.07, 6.45) is -0.527. The zero-order valence-electron chi connectivity index (χ0n) is 14.9. The minimum absolute atomic E-state index is 0.0960. The van der Waals surface area contributed by atoms with Crippen molar-refractivity contribution in [2.75, 3.05) is 10.6 Å². The van der Waals surface area contributed by atoms with Crippen LogP contribution in [0.25, 0.3) is 11.4 Å². The molecule has 0 spiro atoms. The Hall–Kier alpha value is -2.41. The number of carbonyl (C=O) groups excluding carboxylic acids is 1. The van der Waals surface area contributed by atoms with Crippen molar-refractivity contribution in [1.29, 1.82) is 0 Å². The Balaban J connectivity index is 2.24. The van der Waals surface area contributed by atoms with Crippen molar-refractivity contribution in [3.63, 3.8) is 0 Å². The molecule has 25 heavy (non-hydrogen) atoms. The molecule has 0 unspecified atom stereocenters. The number of nitrogens with one attached hydrogen (secondary N) is 2. The van der Waals surface area contributed by atoms with Crippen LogP contribution in [-0.2, 0) is 4.74 Å². The topological polar surface area (TPSA) is 89.0 Å². The van der Waals surface area contributed by atoms with Gasteiger partial charge in [-0.25, -0.2) is 4.79 Å². The number of carbonyl (C=O) groups is 1. The monoisotopic (exact) mass is 363 g/mol. The van der Waals surface area contributed by atoms with Crippen molar-refractivity contribution in [1.82, 2.24) is 15.0 Å². The lowest BCUT2D eigenvalue weighted by Gasteiger charge is -2.19. The second-order valence-electron chi connectivity index (χ2n) is 6.76. The first-order valence-electron chi connectivity index (χ1n) is 7.91. The summed E-state index contributed by atoms with van der Waals surface area (Å²) in [4.78, 5) is 24.5. The number of hydrogen-bond acceptors (Lipinski definition) is 6. The third kappa shape index (κ3) is 6.19. The summed E-state index contributed by atoms with van der Waals surface area (Å²) >= 11 is 5.99. The van der Waals surface area contributed by atoms with E-state index in [9.17, 15) is 4.79 Å². The molecule has 2 rings (SSSR count). The molecule has 7 nitrogen and oxygen atoms in total. The molecule has 0 bridgehead atoms. The van der Waals surface area contributed by atoms with Crippen LogP contribution in [0.2, 0.25) is 5.28 Å². The smallest absolute Gasteiger partial charge is 0.412 e. The standard InChI is InChI=1S/C17H22ClN5O2/c1-10(2)19-15-22-13(21-14(18)23-15)11-7-6-8-12(9-11)20-16(24)25-17(3,4)5/h6-10H,1-5H3,(H,20,24)(H,19,21,22,23). The van der Waals surface area contributed by atoms with E-state index < -0.39 is 11.7 Å². The van der Waals surface area contributed by atoms with Gasteiger partial charge in [-0.3, -0.25) is 5.32 Å². The van der Waals surface area contributed by atoms with Gasteiger partial charge in [0.2, 0.25) is 11.2 Å². The number of amides is 1. The van der Waals surface area contributed by atoms with E-state index in [1.54, 1.807) is 39.0 Å². The van der Waals surface area contributed by atoms with Crippen LogP contribution in [0, 0.1) is 0 Å². The molecule has 0 saturated carbocycles.